The lowest BCUT2D eigenvalue weighted by Crippen LogP contribution is -2.26. The van der Waals surface area contributed by atoms with E-state index in [1.165, 1.54) is 31.1 Å². The highest BCUT2D eigenvalue weighted by molar-refractivity contribution is 7.89. The summed E-state index contributed by atoms with van der Waals surface area (Å²) in [4.78, 5) is 11.5. The zero-order valence-corrected chi connectivity index (χ0v) is 10.7. The number of hydrogen-bond donors (Lipinski definition) is 2. The number of carboxylic acid groups (broad SMARTS) is 1. The van der Waals surface area contributed by atoms with E-state index in [-0.39, 0.29) is 17.1 Å². The lowest BCUT2D eigenvalue weighted by Gasteiger charge is -2.17. The summed E-state index contributed by atoms with van der Waals surface area (Å²) in [6.07, 6.45) is 0. The zero-order valence-electron chi connectivity index (χ0n) is 9.84. The van der Waals surface area contributed by atoms with Crippen LogP contribution in [0.5, 0.6) is 0 Å². The van der Waals surface area contributed by atoms with Crippen LogP contribution in [0.25, 0.3) is 0 Å². The summed E-state index contributed by atoms with van der Waals surface area (Å²) in [6.45, 7) is -0.380. The number of hydrogen-bond acceptors (Lipinski definition) is 4. The molecular formula is C10H13FN2O4S. The van der Waals surface area contributed by atoms with Gasteiger partial charge in [0.15, 0.2) is 0 Å². The molecule has 0 saturated heterocycles. The first-order valence-corrected chi connectivity index (χ1v) is 6.42. The van der Waals surface area contributed by atoms with Gasteiger partial charge in [-0.1, -0.05) is 0 Å². The van der Waals surface area contributed by atoms with Gasteiger partial charge in [-0.3, -0.25) is 4.79 Å². The Morgan fingerprint density at radius 1 is 1.50 bits per heavy atom. The highest BCUT2D eigenvalue weighted by Crippen LogP contribution is 2.21. The molecule has 0 spiro atoms. The van der Waals surface area contributed by atoms with Crippen LogP contribution < -0.4 is 9.62 Å². The van der Waals surface area contributed by atoms with Crippen LogP contribution in [0, 0.1) is 5.82 Å². The number of benzene rings is 1. The molecule has 0 aromatic heterocycles. The van der Waals surface area contributed by atoms with E-state index >= 15 is 0 Å². The van der Waals surface area contributed by atoms with Crippen molar-refractivity contribution in [2.24, 2.45) is 0 Å². The van der Waals surface area contributed by atoms with Gasteiger partial charge >= 0.3 is 5.97 Å². The molecule has 0 bridgehead atoms. The second-order valence-electron chi connectivity index (χ2n) is 3.57. The van der Waals surface area contributed by atoms with Crippen LogP contribution in [-0.2, 0) is 14.8 Å². The van der Waals surface area contributed by atoms with Crippen LogP contribution in [-0.4, -0.2) is 40.1 Å². The molecule has 0 aliphatic rings. The molecule has 0 amide bonds. The van der Waals surface area contributed by atoms with E-state index in [9.17, 15) is 17.6 Å². The summed E-state index contributed by atoms with van der Waals surface area (Å²) in [6, 6.07) is 3.28. The monoisotopic (exact) mass is 276 g/mol. The third-order valence-corrected chi connectivity index (χ3v) is 3.69. The fourth-order valence-electron chi connectivity index (χ4n) is 1.37. The summed E-state index contributed by atoms with van der Waals surface area (Å²) in [5, 5.41) is 8.59. The Balaban J connectivity index is 3.11. The van der Waals surface area contributed by atoms with Gasteiger partial charge in [-0.2, -0.15) is 0 Å². The molecule has 100 valence electrons. The number of carboxylic acids is 1. The van der Waals surface area contributed by atoms with E-state index in [2.05, 4.69) is 4.72 Å². The van der Waals surface area contributed by atoms with Crippen LogP contribution >= 0.6 is 0 Å². The number of aliphatic carboxylic acids is 1. The average molecular weight is 276 g/mol. The van der Waals surface area contributed by atoms with Crippen LogP contribution in [0.15, 0.2) is 23.1 Å². The maximum absolute atomic E-state index is 13.7. The van der Waals surface area contributed by atoms with Gasteiger partial charge in [-0.15, -0.1) is 0 Å². The molecule has 18 heavy (non-hydrogen) atoms. The number of anilines is 1. The fraction of sp³-hybridized carbons (Fsp3) is 0.300. The van der Waals surface area contributed by atoms with E-state index in [0.29, 0.717) is 0 Å². The largest absolute Gasteiger partial charge is 0.480 e. The lowest BCUT2D eigenvalue weighted by molar-refractivity contribution is -0.135. The van der Waals surface area contributed by atoms with E-state index in [1.807, 2.05) is 0 Å². The van der Waals surface area contributed by atoms with Crippen molar-refractivity contribution in [3.8, 4) is 0 Å². The molecule has 6 nitrogen and oxygen atoms in total. The van der Waals surface area contributed by atoms with Gasteiger partial charge in [0, 0.05) is 7.05 Å². The van der Waals surface area contributed by atoms with Gasteiger partial charge in [0.25, 0.3) is 0 Å². The molecule has 2 N–H and O–H groups in total. The van der Waals surface area contributed by atoms with Crippen molar-refractivity contribution in [3.63, 3.8) is 0 Å². The Labute approximate surface area is 104 Å². The second-order valence-corrected chi connectivity index (χ2v) is 5.46. The van der Waals surface area contributed by atoms with Crippen molar-refractivity contribution in [1.29, 1.82) is 0 Å². The molecule has 0 aliphatic carbocycles. The summed E-state index contributed by atoms with van der Waals surface area (Å²) < 4.78 is 38.6. The molecule has 0 fully saturated rings. The Morgan fingerprint density at radius 3 is 2.56 bits per heavy atom. The molecule has 1 aromatic carbocycles. The van der Waals surface area contributed by atoms with Gasteiger partial charge in [-0.25, -0.2) is 17.5 Å². The highest BCUT2D eigenvalue weighted by atomic mass is 32.2. The predicted molar refractivity (Wildman–Crippen MR) is 63.6 cm³/mol. The topological polar surface area (TPSA) is 86.7 Å². The fourth-order valence-corrected chi connectivity index (χ4v) is 2.11. The minimum Gasteiger partial charge on any atom is -0.480 e. The Kier molecular flexibility index (Phi) is 4.25. The number of carbonyl (C=O) groups is 1. The number of nitrogens with one attached hydrogen (secondary N) is 1. The number of nitrogens with zero attached hydrogens (tertiary/aromatic N) is 1. The van der Waals surface area contributed by atoms with Gasteiger partial charge in [-0.05, 0) is 25.2 Å². The molecule has 0 radical (unpaired) electrons. The van der Waals surface area contributed by atoms with Gasteiger partial charge in [0.05, 0.1) is 10.6 Å². The van der Waals surface area contributed by atoms with Crippen LogP contribution in [0.1, 0.15) is 0 Å². The zero-order chi connectivity index (χ0) is 13.9. The minimum absolute atomic E-state index is 0.0208. The normalized spacial score (nSPS) is 11.3. The number of likely N-dealkylation sites (N-methyl/N-ethyl adjacent to an activating group) is 1. The SMILES string of the molecule is CNS(=O)(=O)c1ccc(N(C)CC(=O)O)c(F)c1. The van der Waals surface area contributed by atoms with Crippen molar-refractivity contribution >= 4 is 21.7 Å². The van der Waals surface area contributed by atoms with E-state index < -0.39 is 21.8 Å². The molecular weight excluding hydrogens is 263 g/mol. The maximum Gasteiger partial charge on any atom is 0.323 e. The van der Waals surface area contributed by atoms with Crippen LogP contribution in [0.2, 0.25) is 0 Å². The standard InChI is InChI=1S/C10H13FN2O4S/c1-12-18(16,17)7-3-4-9(8(11)5-7)13(2)6-10(14)15/h3-5,12H,6H2,1-2H3,(H,14,15). The van der Waals surface area contributed by atoms with Crippen molar-refractivity contribution < 1.29 is 22.7 Å². The maximum atomic E-state index is 13.7. The lowest BCUT2D eigenvalue weighted by atomic mass is 10.3. The predicted octanol–water partition coefficient (Wildman–Crippen LogP) is 0.255. The Bertz CT molecular complexity index is 559. The molecule has 0 heterocycles. The molecule has 8 heteroatoms. The van der Waals surface area contributed by atoms with Crippen LogP contribution in [0.4, 0.5) is 10.1 Å². The summed E-state index contributed by atoms with van der Waals surface area (Å²) in [5.74, 6) is -1.90. The Hall–Kier alpha value is -1.67. The third kappa shape index (κ3) is 3.17. The van der Waals surface area contributed by atoms with Crippen molar-refractivity contribution in [2.45, 2.75) is 4.90 Å². The Morgan fingerprint density at radius 2 is 2.11 bits per heavy atom. The number of rotatable bonds is 5. The first-order valence-electron chi connectivity index (χ1n) is 4.94. The first kappa shape index (κ1) is 14.4. The quantitative estimate of drug-likeness (QED) is 0.805. The summed E-state index contributed by atoms with van der Waals surface area (Å²) in [7, 11) is -1.09. The van der Waals surface area contributed by atoms with Crippen molar-refractivity contribution in [1.82, 2.24) is 4.72 Å². The summed E-state index contributed by atoms with van der Waals surface area (Å²) >= 11 is 0. The molecule has 0 aliphatic heterocycles. The summed E-state index contributed by atoms with van der Waals surface area (Å²) in [5.41, 5.74) is 0.0208. The minimum atomic E-state index is -3.71. The van der Waals surface area contributed by atoms with Crippen molar-refractivity contribution in [3.05, 3.63) is 24.0 Å². The van der Waals surface area contributed by atoms with E-state index in [0.717, 1.165) is 6.07 Å². The smallest absolute Gasteiger partial charge is 0.323 e. The number of sulfonamides is 1. The van der Waals surface area contributed by atoms with Gasteiger partial charge in [0.2, 0.25) is 10.0 Å². The molecule has 0 unspecified atom stereocenters. The highest BCUT2D eigenvalue weighted by Gasteiger charge is 2.16. The van der Waals surface area contributed by atoms with E-state index in [4.69, 9.17) is 5.11 Å². The molecule has 0 atom stereocenters. The molecule has 1 aromatic rings. The third-order valence-electron chi connectivity index (χ3n) is 2.28. The molecule has 0 saturated carbocycles. The number of halogens is 1. The van der Waals surface area contributed by atoms with Crippen molar-refractivity contribution in [2.75, 3.05) is 25.5 Å². The van der Waals surface area contributed by atoms with Crippen LogP contribution in [0.3, 0.4) is 0 Å². The average Bonchev–Trinajstić information content (AvgIpc) is 2.27. The van der Waals surface area contributed by atoms with E-state index in [1.54, 1.807) is 0 Å². The van der Waals surface area contributed by atoms with Gasteiger partial charge < -0.3 is 10.0 Å². The second kappa shape index (κ2) is 5.32. The van der Waals surface area contributed by atoms with Gasteiger partial charge in [0.1, 0.15) is 12.4 Å². The molecule has 1 rings (SSSR count). The first-order chi connectivity index (χ1) is 8.27.